The zero-order valence-corrected chi connectivity index (χ0v) is 12.7. The third kappa shape index (κ3) is 2.68. The molecule has 1 aliphatic rings. The maximum absolute atomic E-state index is 10.9. The standard InChI is InChI=1S/C17H23N3O/c1-11-14-5-3-4-6-15(14)20(2)16(11)10-19-13-7-12(8-13)9-17(18)21/h3-6,12-13,19H,7-10H2,1-2H3,(H2,18,21). The summed E-state index contributed by atoms with van der Waals surface area (Å²) >= 11 is 0. The molecule has 2 aromatic rings. The number of carbonyl (C=O) groups excluding carboxylic acids is 1. The van der Waals surface area contributed by atoms with Crippen LogP contribution >= 0.6 is 0 Å². The Morgan fingerprint density at radius 1 is 1.38 bits per heavy atom. The molecule has 3 rings (SSSR count). The minimum Gasteiger partial charge on any atom is -0.370 e. The third-order valence-electron chi connectivity index (χ3n) is 4.79. The predicted octanol–water partition coefficient (Wildman–Crippen LogP) is 2.23. The molecule has 1 saturated carbocycles. The SMILES string of the molecule is Cc1c(CNC2CC(CC(N)=O)C2)n(C)c2ccccc12. The van der Waals surface area contributed by atoms with E-state index in [0.717, 1.165) is 19.4 Å². The topological polar surface area (TPSA) is 60.0 Å². The molecule has 4 nitrogen and oxygen atoms in total. The molecule has 0 atom stereocenters. The smallest absolute Gasteiger partial charge is 0.217 e. The summed E-state index contributed by atoms with van der Waals surface area (Å²) in [7, 11) is 2.13. The van der Waals surface area contributed by atoms with E-state index in [1.807, 2.05) is 0 Å². The molecule has 0 radical (unpaired) electrons. The van der Waals surface area contributed by atoms with Gasteiger partial charge in [0.1, 0.15) is 0 Å². The van der Waals surface area contributed by atoms with Crippen molar-refractivity contribution >= 4 is 16.8 Å². The van der Waals surface area contributed by atoms with Crippen LogP contribution in [0.5, 0.6) is 0 Å². The van der Waals surface area contributed by atoms with E-state index in [2.05, 4.69) is 48.1 Å². The average molecular weight is 285 g/mol. The summed E-state index contributed by atoms with van der Waals surface area (Å²) in [5, 5.41) is 4.94. The van der Waals surface area contributed by atoms with Crippen LogP contribution in [0.15, 0.2) is 24.3 Å². The first-order valence-corrected chi connectivity index (χ1v) is 7.61. The summed E-state index contributed by atoms with van der Waals surface area (Å²) in [6.07, 6.45) is 2.66. The molecule has 1 aromatic carbocycles. The lowest BCUT2D eigenvalue weighted by Gasteiger charge is -2.35. The second-order valence-electron chi connectivity index (χ2n) is 6.23. The third-order valence-corrected chi connectivity index (χ3v) is 4.79. The molecular formula is C17H23N3O. The van der Waals surface area contributed by atoms with Gasteiger partial charge in [-0.3, -0.25) is 4.79 Å². The van der Waals surface area contributed by atoms with Crippen LogP contribution in [0.3, 0.4) is 0 Å². The van der Waals surface area contributed by atoms with E-state index in [4.69, 9.17) is 5.73 Å². The fraction of sp³-hybridized carbons (Fsp3) is 0.471. The fourth-order valence-electron chi connectivity index (χ4n) is 3.48. The summed E-state index contributed by atoms with van der Waals surface area (Å²) in [5.41, 5.74) is 9.22. The number of fused-ring (bicyclic) bond motifs is 1. The molecule has 21 heavy (non-hydrogen) atoms. The van der Waals surface area contributed by atoms with Crippen molar-refractivity contribution in [3.05, 3.63) is 35.5 Å². The van der Waals surface area contributed by atoms with Crippen molar-refractivity contribution in [3.8, 4) is 0 Å². The van der Waals surface area contributed by atoms with Gasteiger partial charge in [-0.1, -0.05) is 18.2 Å². The van der Waals surface area contributed by atoms with E-state index < -0.39 is 0 Å². The molecule has 3 N–H and O–H groups in total. The van der Waals surface area contributed by atoms with Crippen LogP contribution in [0, 0.1) is 12.8 Å². The number of benzene rings is 1. The number of hydrogen-bond donors (Lipinski definition) is 2. The van der Waals surface area contributed by atoms with E-state index in [-0.39, 0.29) is 5.91 Å². The van der Waals surface area contributed by atoms with Crippen LogP contribution < -0.4 is 11.1 Å². The second kappa shape index (κ2) is 5.53. The summed E-state index contributed by atoms with van der Waals surface area (Å²) in [6, 6.07) is 9.04. The summed E-state index contributed by atoms with van der Waals surface area (Å²) in [6.45, 7) is 3.07. The largest absolute Gasteiger partial charge is 0.370 e. The van der Waals surface area contributed by atoms with Gasteiger partial charge in [-0.25, -0.2) is 0 Å². The Balaban J connectivity index is 1.63. The van der Waals surface area contributed by atoms with E-state index in [1.165, 1.54) is 22.2 Å². The van der Waals surface area contributed by atoms with Crippen molar-refractivity contribution in [2.45, 2.75) is 38.8 Å². The summed E-state index contributed by atoms with van der Waals surface area (Å²) < 4.78 is 2.28. The van der Waals surface area contributed by atoms with Gasteiger partial charge in [0, 0.05) is 42.7 Å². The Kier molecular flexibility index (Phi) is 3.72. The molecule has 0 aliphatic heterocycles. The Morgan fingerprint density at radius 2 is 2.10 bits per heavy atom. The first-order chi connectivity index (χ1) is 10.1. The van der Waals surface area contributed by atoms with Crippen molar-refractivity contribution in [3.63, 3.8) is 0 Å². The molecule has 0 spiro atoms. The first kappa shape index (κ1) is 14.1. The van der Waals surface area contributed by atoms with Gasteiger partial charge >= 0.3 is 0 Å². The van der Waals surface area contributed by atoms with Crippen LogP contribution in [0.25, 0.3) is 10.9 Å². The molecule has 0 bridgehead atoms. The molecule has 0 unspecified atom stereocenters. The lowest BCUT2D eigenvalue weighted by molar-refractivity contribution is -0.119. The van der Waals surface area contributed by atoms with E-state index >= 15 is 0 Å². The molecule has 112 valence electrons. The lowest BCUT2D eigenvalue weighted by atomic mass is 9.78. The van der Waals surface area contributed by atoms with Crippen LogP contribution in [0.4, 0.5) is 0 Å². The number of nitrogens with two attached hydrogens (primary N) is 1. The maximum atomic E-state index is 10.9. The Morgan fingerprint density at radius 3 is 2.76 bits per heavy atom. The summed E-state index contributed by atoms with van der Waals surface area (Å²) in [5.74, 6) is 0.302. The van der Waals surface area contributed by atoms with E-state index in [0.29, 0.717) is 18.4 Å². The first-order valence-electron chi connectivity index (χ1n) is 7.61. The number of rotatable bonds is 5. The zero-order valence-electron chi connectivity index (χ0n) is 12.7. The van der Waals surface area contributed by atoms with E-state index in [1.54, 1.807) is 0 Å². The summed E-state index contributed by atoms with van der Waals surface area (Å²) in [4.78, 5) is 10.9. The van der Waals surface area contributed by atoms with Gasteiger partial charge in [-0.2, -0.15) is 0 Å². The second-order valence-corrected chi connectivity index (χ2v) is 6.23. The molecule has 1 fully saturated rings. The highest BCUT2D eigenvalue weighted by Gasteiger charge is 2.29. The fourth-order valence-corrected chi connectivity index (χ4v) is 3.48. The predicted molar refractivity (Wildman–Crippen MR) is 84.8 cm³/mol. The minimum absolute atomic E-state index is 0.178. The Labute approximate surface area is 125 Å². The molecular weight excluding hydrogens is 262 g/mol. The normalized spacial score (nSPS) is 21.4. The number of nitrogens with zero attached hydrogens (tertiary/aromatic N) is 1. The quantitative estimate of drug-likeness (QED) is 0.885. The average Bonchev–Trinajstić information content (AvgIpc) is 2.66. The Hall–Kier alpha value is -1.81. The molecule has 0 saturated heterocycles. The highest BCUT2D eigenvalue weighted by Crippen LogP contribution is 2.31. The number of para-hydroxylation sites is 1. The Bertz CT molecular complexity index is 629. The lowest BCUT2D eigenvalue weighted by Crippen LogP contribution is -2.42. The number of carbonyl (C=O) groups is 1. The van der Waals surface area contributed by atoms with Crippen LogP contribution in [-0.2, 0) is 18.4 Å². The van der Waals surface area contributed by atoms with Crippen molar-refractivity contribution in [2.24, 2.45) is 18.7 Å². The number of primary amides is 1. The maximum Gasteiger partial charge on any atom is 0.217 e. The van der Waals surface area contributed by atoms with Crippen molar-refractivity contribution < 1.29 is 4.79 Å². The molecule has 1 aromatic heterocycles. The monoisotopic (exact) mass is 285 g/mol. The van der Waals surface area contributed by atoms with Crippen LogP contribution in [-0.4, -0.2) is 16.5 Å². The highest BCUT2D eigenvalue weighted by atomic mass is 16.1. The van der Waals surface area contributed by atoms with Gasteiger partial charge in [0.25, 0.3) is 0 Å². The number of aryl methyl sites for hydroxylation is 2. The van der Waals surface area contributed by atoms with Crippen molar-refractivity contribution in [1.29, 1.82) is 0 Å². The van der Waals surface area contributed by atoms with Gasteiger partial charge in [-0.15, -0.1) is 0 Å². The number of nitrogens with one attached hydrogen (secondary N) is 1. The number of aromatic nitrogens is 1. The van der Waals surface area contributed by atoms with Crippen molar-refractivity contribution in [2.75, 3.05) is 0 Å². The number of amides is 1. The molecule has 1 amide bonds. The van der Waals surface area contributed by atoms with Gasteiger partial charge in [-0.05, 0) is 37.3 Å². The zero-order chi connectivity index (χ0) is 15.0. The highest BCUT2D eigenvalue weighted by molar-refractivity contribution is 5.85. The van der Waals surface area contributed by atoms with Gasteiger partial charge in [0.05, 0.1) is 0 Å². The van der Waals surface area contributed by atoms with Crippen molar-refractivity contribution in [1.82, 2.24) is 9.88 Å². The number of hydrogen-bond acceptors (Lipinski definition) is 2. The van der Waals surface area contributed by atoms with Gasteiger partial charge in [0.15, 0.2) is 0 Å². The minimum atomic E-state index is -0.178. The molecule has 4 heteroatoms. The van der Waals surface area contributed by atoms with Gasteiger partial charge in [0.2, 0.25) is 5.91 Å². The van der Waals surface area contributed by atoms with Gasteiger partial charge < -0.3 is 15.6 Å². The van der Waals surface area contributed by atoms with Crippen LogP contribution in [0.2, 0.25) is 0 Å². The molecule has 1 aliphatic carbocycles. The molecule has 1 heterocycles. The van der Waals surface area contributed by atoms with Crippen LogP contribution in [0.1, 0.15) is 30.5 Å². The van der Waals surface area contributed by atoms with E-state index in [9.17, 15) is 4.79 Å².